The fraction of sp³-hybridized carbons (Fsp3) is 0.538. The smallest absolute Gasteiger partial charge is 0.125 e. The number of anilines is 1. The van der Waals surface area contributed by atoms with Gasteiger partial charge in [-0.3, -0.25) is 0 Å². The van der Waals surface area contributed by atoms with Crippen LogP contribution in [0.2, 0.25) is 0 Å². The van der Waals surface area contributed by atoms with E-state index < -0.39 is 0 Å². The summed E-state index contributed by atoms with van der Waals surface area (Å²) in [4.78, 5) is 1.93. The molecule has 1 aromatic rings. The number of hydrogen-bond donors (Lipinski definition) is 2. The van der Waals surface area contributed by atoms with E-state index in [1.165, 1.54) is 12.1 Å². The standard InChI is InChI=1S/C13H21FN2O/c1-10(2)15-12(9-17)8-16(3)13-6-4-5-11(14)7-13/h4-7,10,12,15,17H,8-9H2,1-3H3. The zero-order valence-electron chi connectivity index (χ0n) is 10.7. The molecule has 0 saturated carbocycles. The van der Waals surface area contributed by atoms with E-state index in [1.54, 1.807) is 6.07 Å². The summed E-state index contributed by atoms with van der Waals surface area (Å²) in [5.41, 5.74) is 0.814. The minimum Gasteiger partial charge on any atom is -0.395 e. The number of hydrogen-bond acceptors (Lipinski definition) is 3. The molecule has 1 rings (SSSR count). The van der Waals surface area contributed by atoms with Crippen LogP contribution in [0.1, 0.15) is 13.8 Å². The van der Waals surface area contributed by atoms with Crippen molar-refractivity contribution in [2.45, 2.75) is 25.9 Å². The van der Waals surface area contributed by atoms with Gasteiger partial charge in [0.25, 0.3) is 0 Å². The van der Waals surface area contributed by atoms with Gasteiger partial charge in [-0.15, -0.1) is 0 Å². The first-order valence-corrected chi connectivity index (χ1v) is 5.86. The highest BCUT2D eigenvalue weighted by Crippen LogP contribution is 2.13. The maximum absolute atomic E-state index is 13.1. The Morgan fingerprint density at radius 1 is 1.41 bits per heavy atom. The Morgan fingerprint density at radius 2 is 2.12 bits per heavy atom. The van der Waals surface area contributed by atoms with Crippen molar-refractivity contribution in [1.29, 1.82) is 0 Å². The zero-order chi connectivity index (χ0) is 12.8. The molecule has 0 fully saturated rings. The molecule has 0 aliphatic heterocycles. The molecule has 1 unspecified atom stereocenters. The lowest BCUT2D eigenvalue weighted by Gasteiger charge is -2.26. The first-order chi connectivity index (χ1) is 8.02. The fourth-order valence-corrected chi connectivity index (χ4v) is 1.78. The quantitative estimate of drug-likeness (QED) is 0.793. The van der Waals surface area contributed by atoms with Crippen molar-refractivity contribution < 1.29 is 9.50 Å². The number of benzene rings is 1. The molecule has 17 heavy (non-hydrogen) atoms. The topological polar surface area (TPSA) is 35.5 Å². The number of aliphatic hydroxyl groups excluding tert-OH is 1. The number of likely N-dealkylation sites (N-methyl/N-ethyl adjacent to an activating group) is 1. The van der Waals surface area contributed by atoms with E-state index in [-0.39, 0.29) is 18.5 Å². The maximum Gasteiger partial charge on any atom is 0.125 e. The van der Waals surface area contributed by atoms with Gasteiger partial charge in [-0.1, -0.05) is 19.9 Å². The van der Waals surface area contributed by atoms with Crippen molar-refractivity contribution >= 4 is 5.69 Å². The normalized spacial score (nSPS) is 12.8. The second kappa shape index (κ2) is 6.57. The number of rotatable bonds is 6. The third kappa shape index (κ3) is 4.71. The van der Waals surface area contributed by atoms with Crippen LogP contribution in [-0.2, 0) is 0 Å². The van der Waals surface area contributed by atoms with Crippen LogP contribution in [0.4, 0.5) is 10.1 Å². The minimum absolute atomic E-state index is 0.0109. The Kier molecular flexibility index (Phi) is 5.38. The van der Waals surface area contributed by atoms with Crippen LogP contribution >= 0.6 is 0 Å². The van der Waals surface area contributed by atoms with E-state index >= 15 is 0 Å². The highest BCUT2D eigenvalue weighted by molar-refractivity contribution is 5.45. The van der Waals surface area contributed by atoms with Gasteiger partial charge in [0.2, 0.25) is 0 Å². The van der Waals surface area contributed by atoms with Gasteiger partial charge in [0.05, 0.1) is 6.61 Å². The molecule has 0 amide bonds. The van der Waals surface area contributed by atoms with Crippen LogP contribution in [0.15, 0.2) is 24.3 Å². The fourth-order valence-electron chi connectivity index (χ4n) is 1.78. The lowest BCUT2D eigenvalue weighted by atomic mass is 10.2. The van der Waals surface area contributed by atoms with Crippen molar-refractivity contribution in [1.82, 2.24) is 5.32 Å². The van der Waals surface area contributed by atoms with E-state index in [0.717, 1.165) is 5.69 Å². The van der Waals surface area contributed by atoms with Crippen LogP contribution in [0.25, 0.3) is 0 Å². The average molecular weight is 240 g/mol. The van der Waals surface area contributed by atoms with E-state index in [2.05, 4.69) is 5.32 Å². The van der Waals surface area contributed by atoms with Crippen LogP contribution in [0.5, 0.6) is 0 Å². The van der Waals surface area contributed by atoms with E-state index in [0.29, 0.717) is 12.6 Å². The first kappa shape index (κ1) is 13.9. The van der Waals surface area contributed by atoms with Gasteiger partial charge in [0.1, 0.15) is 5.82 Å². The van der Waals surface area contributed by atoms with Gasteiger partial charge in [0.15, 0.2) is 0 Å². The molecule has 0 bridgehead atoms. The van der Waals surface area contributed by atoms with Crippen molar-refractivity contribution in [3.8, 4) is 0 Å². The number of halogens is 1. The van der Waals surface area contributed by atoms with E-state index in [9.17, 15) is 9.50 Å². The van der Waals surface area contributed by atoms with Crippen LogP contribution in [-0.4, -0.2) is 37.4 Å². The monoisotopic (exact) mass is 240 g/mol. The van der Waals surface area contributed by atoms with Gasteiger partial charge in [-0.05, 0) is 18.2 Å². The Balaban J connectivity index is 2.60. The third-order valence-electron chi connectivity index (χ3n) is 2.53. The Bertz CT molecular complexity index is 344. The second-order valence-corrected chi connectivity index (χ2v) is 4.56. The molecule has 1 aromatic carbocycles. The lowest BCUT2D eigenvalue weighted by Crippen LogP contribution is -2.45. The summed E-state index contributed by atoms with van der Waals surface area (Å²) in [6, 6.07) is 6.76. The van der Waals surface area contributed by atoms with E-state index in [1.807, 2.05) is 31.9 Å². The molecule has 2 N–H and O–H groups in total. The number of aliphatic hydroxyl groups is 1. The molecule has 96 valence electrons. The number of nitrogens with one attached hydrogen (secondary N) is 1. The Labute approximate surface area is 102 Å². The maximum atomic E-state index is 13.1. The Hall–Kier alpha value is -1.13. The summed E-state index contributed by atoms with van der Waals surface area (Å²) in [5.74, 6) is -0.244. The molecular formula is C13H21FN2O. The van der Waals surface area contributed by atoms with Crippen LogP contribution < -0.4 is 10.2 Å². The van der Waals surface area contributed by atoms with Crippen LogP contribution in [0, 0.1) is 5.82 Å². The molecule has 1 atom stereocenters. The molecule has 0 aromatic heterocycles. The summed E-state index contributed by atoms with van der Waals surface area (Å²) in [5, 5.41) is 12.5. The third-order valence-corrected chi connectivity index (χ3v) is 2.53. The molecule has 0 radical (unpaired) electrons. The first-order valence-electron chi connectivity index (χ1n) is 5.86. The lowest BCUT2D eigenvalue weighted by molar-refractivity contribution is 0.237. The molecule has 0 aliphatic carbocycles. The summed E-state index contributed by atoms with van der Waals surface area (Å²) in [6.07, 6.45) is 0. The van der Waals surface area contributed by atoms with Gasteiger partial charge in [-0.2, -0.15) is 0 Å². The minimum atomic E-state index is -0.244. The SMILES string of the molecule is CC(C)NC(CO)CN(C)c1cccc(F)c1. The van der Waals surface area contributed by atoms with Gasteiger partial charge in [0, 0.05) is 31.4 Å². The van der Waals surface area contributed by atoms with Crippen molar-refractivity contribution in [2.24, 2.45) is 0 Å². The van der Waals surface area contributed by atoms with Gasteiger partial charge in [-0.25, -0.2) is 4.39 Å². The molecule has 0 aliphatic rings. The highest BCUT2D eigenvalue weighted by Gasteiger charge is 2.12. The second-order valence-electron chi connectivity index (χ2n) is 4.56. The molecule has 0 spiro atoms. The molecule has 3 nitrogen and oxygen atoms in total. The summed E-state index contributed by atoms with van der Waals surface area (Å²) < 4.78 is 13.1. The van der Waals surface area contributed by atoms with Crippen LogP contribution in [0.3, 0.4) is 0 Å². The molecule has 4 heteroatoms. The van der Waals surface area contributed by atoms with Gasteiger partial charge >= 0.3 is 0 Å². The Morgan fingerprint density at radius 3 is 2.65 bits per heavy atom. The van der Waals surface area contributed by atoms with E-state index in [4.69, 9.17) is 0 Å². The summed E-state index contributed by atoms with van der Waals surface area (Å²) in [7, 11) is 1.89. The largest absolute Gasteiger partial charge is 0.395 e. The molecule has 0 saturated heterocycles. The zero-order valence-corrected chi connectivity index (χ0v) is 10.7. The highest BCUT2D eigenvalue weighted by atomic mass is 19.1. The molecular weight excluding hydrogens is 219 g/mol. The predicted molar refractivity (Wildman–Crippen MR) is 68.8 cm³/mol. The summed E-state index contributed by atoms with van der Waals surface area (Å²) in [6.45, 7) is 4.77. The number of nitrogens with zero attached hydrogens (tertiary/aromatic N) is 1. The molecule has 0 heterocycles. The van der Waals surface area contributed by atoms with Crippen molar-refractivity contribution in [3.05, 3.63) is 30.1 Å². The predicted octanol–water partition coefficient (Wildman–Crippen LogP) is 1.62. The van der Waals surface area contributed by atoms with Crippen molar-refractivity contribution in [3.63, 3.8) is 0 Å². The van der Waals surface area contributed by atoms with Crippen molar-refractivity contribution in [2.75, 3.05) is 25.1 Å². The summed E-state index contributed by atoms with van der Waals surface area (Å²) >= 11 is 0. The van der Waals surface area contributed by atoms with Gasteiger partial charge < -0.3 is 15.3 Å². The average Bonchev–Trinajstić information content (AvgIpc) is 2.27.